The van der Waals surface area contributed by atoms with E-state index in [2.05, 4.69) is 28.7 Å². The number of ether oxygens (including phenoxy) is 1. The third kappa shape index (κ3) is 7.17. The van der Waals surface area contributed by atoms with Gasteiger partial charge in [0.05, 0.1) is 17.9 Å². The zero-order chi connectivity index (χ0) is 30.8. The molecule has 43 heavy (non-hydrogen) atoms. The normalized spacial score (nSPS) is 21.0. The third-order valence-corrected chi connectivity index (χ3v) is 9.51. The van der Waals surface area contributed by atoms with Crippen molar-refractivity contribution in [3.05, 3.63) is 77.6 Å². The van der Waals surface area contributed by atoms with E-state index in [1.807, 2.05) is 32.0 Å². The van der Waals surface area contributed by atoms with Crippen molar-refractivity contribution in [2.45, 2.75) is 58.0 Å². The van der Waals surface area contributed by atoms with Crippen LogP contribution in [-0.4, -0.2) is 61.4 Å². The van der Waals surface area contributed by atoms with Crippen molar-refractivity contribution in [3.63, 3.8) is 0 Å². The van der Waals surface area contributed by atoms with Gasteiger partial charge in [-0.05, 0) is 68.4 Å². The van der Waals surface area contributed by atoms with Crippen molar-refractivity contribution in [1.82, 2.24) is 14.0 Å². The first-order chi connectivity index (χ1) is 20.4. The van der Waals surface area contributed by atoms with Crippen molar-refractivity contribution in [1.29, 1.82) is 0 Å². The molecular weight excluding hydrogens is 569 g/mol. The van der Waals surface area contributed by atoms with Gasteiger partial charge < -0.3 is 15.4 Å². The smallest absolute Gasteiger partial charge is 0.304 e. The minimum atomic E-state index is -4.10. The summed E-state index contributed by atoms with van der Waals surface area (Å²) in [6.07, 6.45) is 2.95. The van der Waals surface area contributed by atoms with Gasteiger partial charge in [-0.3, -0.25) is 4.79 Å². The topological polar surface area (TPSA) is 118 Å². The lowest BCUT2D eigenvalue weighted by atomic mass is 9.90. The number of aromatic nitrogens is 1. The predicted molar refractivity (Wildman–Crippen MR) is 166 cm³/mol. The highest BCUT2D eigenvalue weighted by atomic mass is 32.2. The van der Waals surface area contributed by atoms with Crippen molar-refractivity contribution in [2.24, 2.45) is 11.7 Å². The van der Waals surface area contributed by atoms with Gasteiger partial charge in [-0.15, -0.1) is 0 Å². The molecule has 3 aromatic rings. The SMILES string of the molecule is CC(C)COc1cc(F)cc(-c2ccc(C(=O)NS(=O)(=O)N3CC[C@@H](N)C3)c(N3CCCC3(C)Cc3ccccc3)n2)c1. The molecule has 2 atom stereocenters. The van der Waals surface area contributed by atoms with Crippen LogP contribution in [-0.2, 0) is 16.6 Å². The van der Waals surface area contributed by atoms with Gasteiger partial charge >= 0.3 is 10.2 Å². The molecule has 1 aromatic heterocycles. The van der Waals surface area contributed by atoms with Gasteiger partial charge in [0.1, 0.15) is 17.4 Å². The summed E-state index contributed by atoms with van der Waals surface area (Å²) in [5.41, 5.74) is 7.74. The van der Waals surface area contributed by atoms with Crippen LogP contribution in [0.2, 0.25) is 0 Å². The number of amides is 1. The van der Waals surface area contributed by atoms with E-state index in [4.69, 9.17) is 15.5 Å². The fraction of sp³-hybridized carbons (Fsp3) is 0.438. The van der Waals surface area contributed by atoms with Crippen LogP contribution in [0, 0.1) is 11.7 Å². The average Bonchev–Trinajstić information content (AvgIpc) is 3.57. The van der Waals surface area contributed by atoms with Gasteiger partial charge in [0, 0.05) is 42.8 Å². The third-order valence-electron chi connectivity index (χ3n) is 8.05. The molecule has 230 valence electrons. The lowest BCUT2D eigenvalue weighted by molar-refractivity contribution is 0.0979. The molecule has 0 radical (unpaired) electrons. The second-order valence-corrected chi connectivity index (χ2v) is 13.9. The number of anilines is 1. The molecule has 11 heteroatoms. The molecule has 1 amide bonds. The maximum absolute atomic E-state index is 14.7. The Labute approximate surface area is 253 Å². The first-order valence-corrected chi connectivity index (χ1v) is 16.2. The van der Waals surface area contributed by atoms with Crippen molar-refractivity contribution < 1.29 is 22.3 Å². The standard InChI is InChI=1S/C32H40FN5O4S/c1-22(2)21-42-27-17-24(16-25(33)18-27)29-11-10-28(31(39)36-43(40,41)37-15-12-26(34)20-37)30(35-29)38-14-7-13-32(38,3)19-23-8-5-4-6-9-23/h4-6,8-11,16-18,22,26H,7,12-15,19-21,34H2,1-3H3,(H,36,39)/t26-,32?/m1/s1. The van der Waals surface area contributed by atoms with Crippen LogP contribution in [0.15, 0.2) is 60.7 Å². The zero-order valence-corrected chi connectivity index (χ0v) is 25.7. The molecule has 9 nitrogen and oxygen atoms in total. The fourth-order valence-electron chi connectivity index (χ4n) is 5.86. The van der Waals surface area contributed by atoms with Gasteiger partial charge in [0.2, 0.25) is 0 Å². The molecule has 0 saturated carbocycles. The summed E-state index contributed by atoms with van der Waals surface area (Å²) in [6.45, 7) is 7.61. The number of carbonyl (C=O) groups excluding carboxylic acids is 1. The molecule has 0 aliphatic carbocycles. The average molecular weight is 610 g/mol. The maximum Gasteiger partial charge on any atom is 0.304 e. The number of pyridine rings is 1. The number of nitrogens with one attached hydrogen (secondary N) is 1. The second kappa shape index (κ2) is 12.6. The van der Waals surface area contributed by atoms with Crippen LogP contribution >= 0.6 is 0 Å². The Bertz CT molecular complexity index is 1570. The van der Waals surface area contributed by atoms with Crippen molar-refractivity contribution >= 4 is 21.9 Å². The Balaban J connectivity index is 1.54. The Morgan fingerprint density at radius 2 is 1.93 bits per heavy atom. The molecule has 2 aliphatic heterocycles. The van der Waals surface area contributed by atoms with E-state index >= 15 is 0 Å². The molecular formula is C32H40FN5O4S. The highest BCUT2D eigenvalue weighted by Gasteiger charge is 2.40. The van der Waals surface area contributed by atoms with Crippen molar-refractivity contribution in [3.8, 4) is 17.0 Å². The predicted octanol–water partition coefficient (Wildman–Crippen LogP) is 4.53. The summed E-state index contributed by atoms with van der Waals surface area (Å²) in [7, 11) is -4.10. The van der Waals surface area contributed by atoms with Crippen molar-refractivity contribution in [2.75, 3.05) is 31.1 Å². The molecule has 1 unspecified atom stereocenters. The summed E-state index contributed by atoms with van der Waals surface area (Å²) in [5.74, 6) is -0.235. The maximum atomic E-state index is 14.7. The van der Waals surface area contributed by atoms with Gasteiger partial charge in [-0.1, -0.05) is 44.2 Å². The van der Waals surface area contributed by atoms with Crippen LogP contribution < -0.4 is 20.1 Å². The molecule has 2 aliphatic rings. The first-order valence-electron chi connectivity index (χ1n) is 14.8. The Morgan fingerprint density at radius 1 is 1.16 bits per heavy atom. The fourth-order valence-corrected chi connectivity index (χ4v) is 7.07. The number of rotatable bonds is 10. The van der Waals surface area contributed by atoms with E-state index in [0.717, 1.165) is 18.4 Å². The number of halogens is 1. The van der Waals surface area contributed by atoms with E-state index in [9.17, 15) is 17.6 Å². The van der Waals surface area contributed by atoms with E-state index in [1.165, 1.54) is 16.4 Å². The first kappa shape index (κ1) is 30.9. The second-order valence-electron chi connectivity index (χ2n) is 12.2. The minimum Gasteiger partial charge on any atom is -0.493 e. The number of nitrogens with zero attached hydrogens (tertiary/aromatic N) is 3. The molecule has 2 saturated heterocycles. The Hall–Kier alpha value is -3.54. The largest absolute Gasteiger partial charge is 0.493 e. The minimum absolute atomic E-state index is 0.129. The van der Waals surface area contributed by atoms with Gasteiger partial charge in [0.25, 0.3) is 5.91 Å². The number of benzene rings is 2. The molecule has 2 fully saturated rings. The summed E-state index contributed by atoms with van der Waals surface area (Å²) >= 11 is 0. The Kier molecular flexibility index (Phi) is 9.05. The monoisotopic (exact) mass is 609 g/mol. The summed E-state index contributed by atoms with van der Waals surface area (Å²) in [5, 5.41) is 0. The number of hydrogen-bond acceptors (Lipinski definition) is 7. The van der Waals surface area contributed by atoms with Gasteiger partial charge in [-0.2, -0.15) is 12.7 Å². The molecule has 2 aromatic carbocycles. The van der Waals surface area contributed by atoms with Gasteiger partial charge in [0.15, 0.2) is 0 Å². The van der Waals surface area contributed by atoms with Gasteiger partial charge in [-0.25, -0.2) is 14.1 Å². The molecule has 0 spiro atoms. The summed E-state index contributed by atoms with van der Waals surface area (Å²) in [4.78, 5) is 20.7. The van der Waals surface area contributed by atoms with Crippen LogP contribution in [0.25, 0.3) is 11.3 Å². The van der Waals surface area contributed by atoms with Crippen LogP contribution in [0.1, 0.15) is 56.0 Å². The number of nitrogens with two attached hydrogens (primary N) is 1. The lowest BCUT2D eigenvalue weighted by Crippen LogP contribution is -2.46. The van der Waals surface area contributed by atoms with Crippen LogP contribution in [0.5, 0.6) is 5.75 Å². The lowest BCUT2D eigenvalue weighted by Gasteiger charge is -2.37. The molecule has 5 rings (SSSR count). The molecule has 3 N–H and O–H groups in total. The number of carbonyl (C=O) groups is 1. The summed E-state index contributed by atoms with van der Waals surface area (Å²) in [6, 6.07) is 17.4. The van der Waals surface area contributed by atoms with E-state index in [1.54, 1.807) is 18.2 Å². The highest BCUT2D eigenvalue weighted by Crippen LogP contribution is 2.39. The van der Waals surface area contributed by atoms with Crippen LogP contribution in [0.3, 0.4) is 0 Å². The molecule has 0 bridgehead atoms. The van der Waals surface area contributed by atoms with Crippen LogP contribution in [0.4, 0.5) is 10.2 Å². The van der Waals surface area contributed by atoms with E-state index < -0.39 is 27.5 Å². The summed E-state index contributed by atoms with van der Waals surface area (Å²) < 4.78 is 50.1. The van der Waals surface area contributed by atoms with E-state index in [-0.39, 0.29) is 30.6 Å². The zero-order valence-electron chi connectivity index (χ0n) is 24.9. The Morgan fingerprint density at radius 3 is 2.63 bits per heavy atom. The van der Waals surface area contributed by atoms with E-state index in [0.29, 0.717) is 48.8 Å². The number of hydrogen-bond donors (Lipinski definition) is 2. The molecule has 3 heterocycles. The highest BCUT2D eigenvalue weighted by molar-refractivity contribution is 7.87. The quantitative estimate of drug-likeness (QED) is 0.347.